The molecule has 176 valence electrons. The molecule has 0 spiro atoms. The molecule has 1 atom stereocenters. The summed E-state index contributed by atoms with van der Waals surface area (Å²) in [6.45, 7) is 7.16. The molecule has 2 rings (SSSR count). The van der Waals surface area contributed by atoms with E-state index >= 15 is 0 Å². The summed E-state index contributed by atoms with van der Waals surface area (Å²) >= 11 is 0. The van der Waals surface area contributed by atoms with Crippen molar-refractivity contribution in [1.82, 2.24) is 10.6 Å². The summed E-state index contributed by atoms with van der Waals surface area (Å²) in [6, 6.07) is 0.822. The van der Waals surface area contributed by atoms with Gasteiger partial charge in [-0.05, 0) is 46.5 Å². The lowest BCUT2D eigenvalue weighted by atomic mass is 9.91. The molecule has 0 aliphatic heterocycles. The molecule has 0 saturated heterocycles. The summed E-state index contributed by atoms with van der Waals surface area (Å²) < 4.78 is 5.00. The van der Waals surface area contributed by atoms with E-state index < -0.39 is 23.7 Å². The standard InChI is InChI=1S/C12H23N.C10H19NO4S2/c1-3-7-11(8-4-1)13-12-9-5-2-6-10-12;1-5-16-17-6-7(8(12)13)11-9(14)15-10(2,3)4/h11-13H,1-10H2;7H,5-6H2,1-4H3,(H,11,14)(H,12,13)/t;7-/m.0/s1. The average Bonchev–Trinajstić information content (AvgIpc) is 2.68. The largest absolute Gasteiger partial charge is 0.480 e. The van der Waals surface area contributed by atoms with Gasteiger partial charge in [-0.2, -0.15) is 0 Å². The molecule has 0 heterocycles. The summed E-state index contributed by atoms with van der Waals surface area (Å²) in [6.07, 6.45) is 13.9. The minimum atomic E-state index is -1.06. The summed E-state index contributed by atoms with van der Waals surface area (Å²) in [5, 5.41) is 15.1. The Balaban J connectivity index is 0.000000308. The van der Waals surface area contributed by atoms with Crippen molar-refractivity contribution in [2.24, 2.45) is 0 Å². The Kier molecular flexibility index (Phi) is 13.9. The Morgan fingerprint density at radius 1 is 0.967 bits per heavy atom. The number of aliphatic carboxylic acids is 1. The van der Waals surface area contributed by atoms with E-state index in [1.807, 2.05) is 6.92 Å². The highest BCUT2D eigenvalue weighted by Crippen LogP contribution is 2.23. The SMILES string of the molecule is C1CCC(NC2CCCCC2)CC1.CCSSC[C@H](NC(=O)OC(C)(C)C)C(=O)O. The molecule has 2 aliphatic carbocycles. The van der Waals surface area contributed by atoms with Gasteiger partial charge in [0, 0.05) is 23.6 Å². The molecule has 30 heavy (non-hydrogen) atoms. The zero-order chi connectivity index (χ0) is 22.4. The minimum absolute atomic E-state index is 0.313. The fraction of sp³-hybridized carbons (Fsp3) is 0.909. The molecular formula is C22H42N2O4S2. The molecule has 2 saturated carbocycles. The van der Waals surface area contributed by atoms with Gasteiger partial charge in [0.2, 0.25) is 0 Å². The van der Waals surface area contributed by atoms with Crippen molar-refractivity contribution >= 4 is 33.7 Å². The number of carbonyl (C=O) groups is 2. The van der Waals surface area contributed by atoms with Crippen molar-refractivity contribution in [3.63, 3.8) is 0 Å². The number of nitrogens with one attached hydrogen (secondary N) is 2. The van der Waals surface area contributed by atoms with E-state index in [1.165, 1.54) is 75.0 Å². The number of carboxylic acids is 1. The third-order valence-corrected chi connectivity index (χ3v) is 7.59. The van der Waals surface area contributed by atoms with Gasteiger partial charge >= 0.3 is 12.1 Å². The van der Waals surface area contributed by atoms with Crippen LogP contribution in [0.25, 0.3) is 0 Å². The summed E-state index contributed by atoms with van der Waals surface area (Å²) in [5.41, 5.74) is -0.627. The van der Waals surface area contributed by atoms with Crippen LogP contribution in [0.5, 0.6) is 0 Å². The number of hydrogen-bond acceptors (Lipinski definition) is 6. The molecule has 0 aromatic heterocycles. The van der Waals surface area contributed by atoms with Crippen LogP contribution < -0.4 is 10.6 Å². The first-order chi connectivity index (χ1) is 14.2. The fourth-order valence-corrected chi connectivity index (χ4v) is 5.52. The van der Waals surface area contributed by atoms with Gasteiger partial charge in [-0.3, -0.25) is 0 Å². The Labute approximate surface area is 190 Å². The van der Waals surface area contributed by atoms with E-state index in [4.69, 9.17) is 9.84 Å². The van der Waals surface area contributed by atoms with Crippen LogP contribution in [0.1, 0.15) is 91.9 Å². The van der Waals surface area contributed by atoms with E-state index in [0.29, 0.717) is 5.75 Å². The fourth-order valence-electron chi connectivity index (χ4n) is 3.70. The molecule has 6 nitrogen and oxygen atoms in total. The monoisotopic (exact) mass is 462 g/mol. The van der Waals surface area contributed by atoms with Crippen LogP contribution in [0, 0.1) is 0 Å². The smallest absolute Gasteiger partial charge is 0.408 e. The molecular weight excluding hydrogens is 420 g/mol. The molecule has 8 heteroatoms. The van der Waals surface area contributed by atoms with E-state index in [0.717, 1.165) is 17.8 Å². The van der Waals surface area contributed by atoms with Crippen LogP contribution in [0.3, 0.4) is 0 Å². The number of carboxylic acid groups (broad SMARTS) is 1. The molecule has 2 aliphatic rings. The van der Waals surface area contributed by atoms with Crippen LogP contribution in [0.4, 0.5) is 4.79 Å². The van der Waals surface area contributed by atoms with Gasteiger partial charge in [-0.1, -0.05) is 67.0 Å². The molecule has 0 bridgehead atoms. The second kappa shape index (κ2) is 15.2. The summed E-state index contributed by atoms with van der Waals surface area (Å²) in [7, 11) is 2.97. The first-order valence-electron chi connectivity index (χ1n) is 11.4. The molecule has 0 aromatic carbocycles. The van der Waals surface area contributed by atoms with E-state index in [2.05, 4.69) is 10.6 Å². The van der Waals surface area contributed by atoms with Crippen molar-refractivity contribution in [2.75, 3.05) is 11.5 Å². The second-order valence-electron chi connectivity index (χ2n) is 9.06. The first kappa shape index (κ1) is 27.4. The minimum Gasteiger partial charge on any atom is -0.480 e. The van der Waals surface area contributed by atoms with Crippen LogP contribution in [0.2, 0.25) is 0 Å². The highest BCUT2D eigenvalue weighted by Gasteiger charge is 2.24. The Morgan fingerprint density at radius 2 is 1.47 bits per heavy atom. The number of ether oxygens (including phenoxy) is 1. The van der Waals surface area contributed by atoms with Gasteiger partial charge in [0.1, 0.15) is 11.6 Å². The lowest BCUT2D eigenvalue weighted by molar-refractivity contribution is -0.138. The third-order valence-electron chi connectivity index (χ3n) is 5.11. The van der Waals surface area contributed by atoms with E-state index in [1.54, 1.807) is 31.6 Å². The van der Waals surface area contributed by atoms with Crippen LogP contribution in [0.15, 0.2) is 0 Å². The van der Waals surface area contributed by atoms with Gasteiger partial charge in [-0.25, -0.2) is 9.59 Å². The molecule has 0 aromatic rings. The number of amides is 1. The Morgan fingerprint density at radius 3 is 1.87 bits per heavy atom. The van der Waals surface area contributed by atoms with Crippen molar-refractivity contribution in [2.45, 2.75) is 116 Å². The van der Waals surface area contributed by atoms with E-state index in [9.17, 15) is 9.59 Å². The zero-order valence-electron chi connectivity index (χ0n) is 19.2. The van der Waals surface area contributed by atoms with Crippen molar-refractivity contribution < 1.29 is 19.4 Å². The predicted molar refractivity (Wildman–Crippen MR) is 128 cm³/mol. The number of carbonyl (C=O) groups excluding carboxylic acids is 1. The Bertz CT molecular complexity index is 472. The molecule has 0 unspecified atom stereocenters. The topological polar surface area (TPSA) is 87.7 Å². The predicted octanol–water partition coefficient (Wildman–Crippen LogP) is 5.61. The third kappa shape index (κ3) is 13.7. The zero-order valence-corrected chi connectivity index (χ0v) is 20.8. The maximum absolute atomic E-state index is 11.4. The van der Waals surface area contributed by atoms with Crippen LogP contribution >= 0.6 is 21.6 Å². The quantitative estimate of drug-likeness (QED) is 0.319. The van der Waals surface area contributed by atoms with E-state index in [-0.39, 0.29) is 0 Å². The van der Waals surface area contributed by atoms with Crippen molar-refractivity contribution in [3.8, 4) is 0 Å². The van der Waals surface area contributed by atoms with Gasteiger partial charge in [0.15, 0.2) is 0 Å². The molecule has 1 amide bonds. The highest BCUT2D eigenvalue weighted by molar-refractivity contribution is 8.76. The van der Waals surface area contributed by atoms with Gasteiger partial charge in [-0.15, -0.1) is 0 Å². The highest BCUT2D eigenvalue weighted by atomic mass is 33.1. The number of alkyl carbamates (subject to hydrolysis) is 1. The molecule has 2 fully saturated rings. The van der Waals surface area contributed by atoms with Gasteiger partial charge < -0.3 is 20.5 Å². The maximum Gasteiger partial charge on any atom is 0.408 e. The summed E-state index contributed by atoms with van der Waals surface area (Å²) in [4.78, 5) is 22.3. The lowest BCUT2D eigenvalue weighted by Gasteiger charge is -2.30. The van der Waals surface area contributed by atoms with Gasteiger partial charge in [0.05, 0.1) is 0 Å². The Hall–Kier alpha value is -0.600. The maximum atomic E-state index is 11.4. The lowest BCUT2D eigenvalue weighted by Crippen LogP contribution is -2.44. The van der Waals surface area contributed by atoms with Crippen molar-refractivity contribution in [1.29, 1.82) is 0 Å². The van der Waals surface area contributed by atoms with Crippen molar-refractivity contribution in [3.05, 3.63) is 0 Å². The van der Waals surface area contributed by atoms with Gasteiger partial charge in [0.25, 0.3) is 0 Å². The number of rotatable bonds is 8. The molecule has 0 radical (unpaired) electrons. The second-order valence-corrected chi connectivity index (χ2v) is 11.9. The van der Waals surface area contributed by atoms with Crippen LogP contribution in [-0.4, -0.2) is 52.4 Å². The first-order valence-corrected chi connectivity index (χ1v) is 13.9. The average molecular weight is 463 g/mol. The summed E-state index contributed by atoms with van der Waals surface area (Å²) in [5.74, 6) is 0.149. The van der Waals surface area contributed by atoms with Crippen LogP contribution in [-0.2, 0) is 9.53 Å². The normalized spacial score (nSPS) is 19.3. The number of hydrogen-bond donors (Lipinski definition) is 3. The molecule has 3 N–H and O–H groups in total.